The number of amides is 3. The third-order valence-corrected chi connectivity index (χ3v) is 9.29. The standard InChI is InChI=1S/C31H44N4O5S/c1-7-23(6)28(34-41(39,40)26-14-10-22(5)11-15-26)31(38)35-18-16-24(17-19-35)29(36)33-27(20(2)3)30(37)32-25-12-8-21(4)9-13-25/h8-15,20,23-24,27-28,34H,7,16-19H2,1-6H3,(H,32,37)(H,33,36)/t23-,27+,28+/m1/s1. The first kappa shape index (κ1) is 32.3. The highest BCUT2D eigenvalue weighted by Gasteiger charge is 2.36. The Morgan fingerprint density at radius 1 is 0.878 bits per heavy atom. The van der Waals surface area contributed by atoms with E-state index < -0.39 is 22.1 Å². The zero-order valence-corrected chi connectivity index (χ0v) is 25.8. The summed E-state index contributed by atoms with van der Waals surface area (Å²) >= 11 is 0. The molecule has 0 unspecified atom stereocenters. The van der Waals surface area contributed by atoms with Crippen molar-refractivity contribution in [3.05, 3.63) is 59.7 Å². The molecular formula is C31H44N4O5S. The Morgan fingerprint density at radius 2 is 1.41 bits per heavy atom. The van der Waals surface area contributed by atoms with Gasteiger partial charge < -0.3 is 15.5 Å². The van der Waals surface area contributed by atoms with Gasteiger partial charge in [-0.2, -0.15) is 4.72 Å². The number of hydrogen-bond donors (Lipinski definition) is 3. The van der Waals surface area contributed by atoms with E-state index in [1.807, 2.05) is 65.8 Å². The van der Waals surface area contributed by atoms with Gasteiger partial charge in [0.2, 0.25) is 27.7 Å². The number of sulfonamides is 1. The summed E-state index contributed by atoms with van der Waals surface area (Å²) in [7, 11) is -3.89. The molecule has 1 saturated heterocycles. The van der Waals surface area contributed by atoms with Crippen molar-refractivity contribution in [3.63, 3.8) is 0 Å². The largest absolute Gasteiger partial charge is 0.344 e. The van der Waals surface area contributed by atoms with Crippen molar-refractivity contribution in [1.29, 1.82) is 0 Å². The summed E-state index contributed by atoms with van der Waals surface area (Å²) in [5, 5.41) is 5.80. The topological polar surface area (TPSA) is 125 Å². The van der Waals surface area contributed by atoms with E-state index in [9.17, 15) is 22.8 Å². The minimum atomic E-state index is -3.89. The first-order valence-electron chi connectivity index (χ1n) is 14.4. The molecule has 0 aliphatic carbocycles. The Hall–Kier alpha value is -3.24. The molecule has 2 aromatic rings. The highest BCUT2D eigenvalue weighted by molar-refractivity contribution is 7.89. The van der Waals surface area contributed by atoms with Crippen LogP contribution in [-0.2, 0) is 24.4 Å². The predicted octanol–water partition coefficient (Wildman–Crippen LogP) is 4.01. The molecule has 3 N–H and O–H groups in total. The molecule has 0 saturated carbocycles. The molecular weight excluding hydrogens is 540 g/mol. The number of anilines is 1. The van der Waals surface area contributed by atoms with E-state index in [-0.39, 0.29) is 40.4 Å². The molecule has 3 atom stereocenters. The number of likely N-dealkylation sites (tertiary alicyclic amines) is 1. The number of benzene rings is 2. The van der Waals surface area contributed by atoms with Crippen molar-refractivity contribution < 1.29 is 22.8 Å². The second-order valence-electron chi connectivity index (χ2n) is 11.5. The molecule has 3 rings (SSSR count). The van der Waals surface area contributed by atoms with E-state index in [0.717, 1.165) is 11.1 Å². The average Bonchev–Trinajstić information content (AvgIpc) is 2.95. The third-order valence-electron chi connectivity index (χ3n) is 7.84. The molecule has 1 aliphatic heterocycles. The molecule has 1 fully saturated rings. The summed E-state index contributed by atoms with van der Waals surface area (Å²) < 4.78 is 28.8. The van der Waals surface area contributed by atoms with E-state index in [1.165, 1.54) is 12.1 Å². The van der Waals surface area contributed by atoms with E-state index in [4.69, 9.17) is 0 Å². The van der Waals surface area contributed by atoms with Crippen LogP contribution in [0.25, 0.3) is 0 Å². The van der Waals surface area contributed by atoms with E-state index in [0.29, 0.717) is 38.0 Å². The summed E-state index contributed by atoms with van der Waals surface area (Å²) in [5.41, 5.74) is 2.69. The molecule has 9 nitrogen and oxygen atoms in total. The first-order chi connectivity index (χ1) is 19.3. The van der Waals surface area contributed by atoms with Gasteiger partial charge in [-0.25, -0.2) is 8.42 Å². The number of piperidine rings is 1. The van der Waals surface area contributed by atoms with Gasteiger partial charge in [-0.05, 0) is 62.8 Å². The van der Waals surface area contributed by atoms with E-state index in [2.05, 4.69) is 15.4 Å². The maximum atomic E-state index is 13.5. The van der Waals surface area contributed by atoms with E-state index in [1.54, 1.807) is 17.0 Å². The summed E-state index contributed by atoms with van der Waals surface area (Å²) in [6.45, 7) is 12.0. The monoisotopic (exact) mass is 584 g/mol. The zero-order valence-electron chi connectivity index (χ0n) is 24.9. The fourth-order valence-electron chi connectivity index (χ4n) is 4.82. The van der Waals surface area contributed by atoms with Gasteiger partial charge in [0.1, 0.15) is 12.1 Å². The van der Waals surface area contributed by atoms with Gasteiger partial charge in [0.05, 0.1) is 4.90 Å². The van der Waals surface area contributed by atoms with Gasteiger partial charge in [-0.3, -0.25) is 14.4 Å². The Bertz CT molecular complexity index is 1300. The van der Waals surface area contributed by atoms with Crippen LogP contribution >= 0.6 is 0 Å². The third kappa shape index (κ3) is 8.63. The van der Waals surface area contributed by atoms with Crippen LogP contribution in [0.2, 0.25) is 0 Å². The van der Waals surface area contributed by atoms with Crippen LogP contribution in [0.5, 0.6) is 0 Å². The van der Waals surface area contributed by atoms with Gasteiger partial charge in [0.15, 0.2) is 0 Å². The van der Waals surface area contributed by atoms with Crippen molar-refractivity contribution in [2.45, 2.75) is 77.8 Å². The van der Waals surface area contributed by atoms with Gasteiger partial charge in [-0.1, -0.05) is 69.5 Å². The second-order valence-corrected chi connectivity index (χ2v) is 13.2. The van der Waals surface area contributed by atoms with Crippen molar-refractivity contribution in [1.82, 2.24) is 14.9 Å². The number of aryl methyl sites for hydroxylation is 2. The summed E-state index contributed by atoms with van der Waals surface area (Å²) in [6, 6.07) is 12.4. The van der Waals surface area contributed by atoms with Crippen molar-refractivity contribution in [2.75, 3.05) is 18.4 Å². The van der Waals surface area contributed by atoms with Crippen LogP contribution in [0.3, 0.4) is 0 Å². The Balaban J connectivity index is 1.61. The molecule has 10 heteroatoms. The number of nitrogens with zero attached hydrogens (tertiary/aromatic N) is 1. The fourth-order valence-corrected chi connectivity index (χ4v) is 6.12. The minimum absolute atomic E-state index is 0.116. The lowest BCUT2D eigenvalue weighted by Crippen LogP contribution is -2.55. The van der Waals surface area contributed by atoms with Crippen LogP contribution in [0.1, 0.15) is 58.1 Å². The van der Waals surface area contributed by atoms with Crippen molar-refractivity contribution in [3.8, 4) is 0 Å². The van der Waals surface area contributed by atoms with Gasteiger partial charge >= 0.3 is 0 Å². The van der Waals surface area contributed by atoms with Crippen LogP contribution in [0.4, 0.5) is 5.69 Å². The van der Waals surface area contributed by atoms with Crippen LogP contribution in [0.15, 0.2) is 53.4 Å². The Kier molecular flexibility index (Phi) is 11.1. The Morgan fingerprint density at radius 3 is 1.93 bits per heavy atom. The summed E-state index contributed by atoms with van der Waals surface area (Å²) in [6.07, 6.45) is 1.48. The number of carbonyl (C=O) groups excluding carboxylic acids is 3. The predicted molar refractivity (Wildman–Crippen MR) is 161 cm³/mol. The smallest absolute Gasteiger partial charge is 0.247 e. The number of hydrogen-bond acceptors (Lipinski definition) is 5. The lowest BCUT2D eigenvalue weighted by molar-refractivity contribution is -0.138. The number of rotatable bonds is 11. The average molecular weight is 585 g/mol. The lowest BCUT2D eigenvalue weighted by atomic mass is 9.92. The summed E-state index contributed by atoms with van der Waals surface area (Å²) in [5.74, 6) is -1.47. The summed E-state index contributed by atoms with van der Waals surface area (Å²) in [4.78, 5) is 41.4. The molecule has 0 radical (unpaired) electrons. The molecule has 2 aromatic carbocycles. The molecule has 0 aromatic heterocycles. The van der Waals surface area contributed by atoms with Crippen LogP contribution in [0, 0.1) is 31.6 Å². The number of nitrogens with one attached hydrogen (secondary N) is 3. The van der Waals surface area contributed by atoms with Crippen molar-refractivity contribution in [2.24, 2.45) is 17.8 Å². The van der Waals surface area contributed by atoms with Gasteiger partial charge in [-0.15, -0.1) is 0 Å². The highest BCUT2D eigenvalue weighted by Crippen LogP contribution is 2.22. The SMILES string of the molecule is CC[C@@H](C)[C@H](NS(=O)(=O)c1ccc(C)cc1)C(=O)N1CCC(C(=O)N[C@H](C(=O)Nc2ccc(C)cc2)C(C)C)CC1. The fraction of sp³-hybridized carbons (Fsp3) is 0.516. The number of carbonyl (C=O) groups is 3. The van der Waals surface area contributed by atoms with E-state index >= 15 is 0 Å². The maximum Gasteiger partial charge on any atom is 0.247 e. The molecule has 1 heterocycles. The van der Waals surface area contributed by atoms with Crippen LogP contribution < -0.4 is 15.4 Å². The molecule has 41 heavy (non-hydrogen) atoms. The molecule has 0 spiro atoms. The van der Waals surface area contributed by atoms with Crippen molar-refractivity contribution >= 4 is 33.4 Å². The molecule has 1 aliphatic rings. The second kappa shape index (κ2) is 14.1. The highest BCUT2D eigenvalue weighted by atomic mass is 32.2. The van der Waals surface area contributed by atoms with Gasteiger partial charge in [0.25, 0.3) is 0 Å². The molecule has 0 bridgehead atoms. The maximum absolute atomic E-state index is 13.5. The minimum Gasteiger partial charge on any atom is -0.344 e. The quantitative estimate of drug-likeness (QED) is 0.368. The normalized spacial score (nSPS) is 16.6. The Labute approximate surface area is 244 Å². The van der Waals surface area contributed by atoms with Gasteiger partial charge in [0, 0.05) is 24.7 Å². The molecule has 224 valence electrons. The van der Waals surface area contributed by atoms with Crippen LogP contribution in [-0.4, -0.2) is 56.2 Å². The first-order valence-corrected chi connectivity index (χ1v) is 15.9. The lowest BCUT2D eigenvalue weighted by Gasteiger charge is -2.36. The molecule has 3 amide bonds. The zero-order chi connectivity index (χ0) is 30.3.